The van der Waals surface area contributed by atoms with Gasteiger partial charge in [-0.1, -0.05) is 16.8 Å². The monoisotopic (exact) mass is 280 g/mol. The zero-order valence-corrected chi connectivity index (χ0v) is 11.1. The van der Waals surface area contributed by atoms with Gasteiger partial charge < -0.3 is 11.1 Å². The molecule has 2 aromatic rings. The van der Waals surface area contributed by atoms with Crippen molar-refractivity contribution in [2.45, 2.75) is 20.0 Å². The zero-order chi connectivity index (χ0) is 13.8. The van der Waals surface area contributed by atoms with Gasteiger partial charge >= 0.3 is 0 Å². The number of hydrogen-bond acceptors (Lipinski definition) is 5. The van der Waals surface area contributed by atoms with E-state index in [0.29, 0.717) is 23.1 Å². The summed E-state index contributed by atoms with van der Waals surface area (Å²) in [5.74, 6) is -0.225. The van der Waals surface area contributed by atoms with E-state index >= 15 is 0 Å². The van der Waals surface area contributed by atoms with Crippen molar-refractivity contribution in [3.05, 3.63) is 34.9 Å². The number of nitrogens with one attached hydrogen (secondary N) is 1. The summed E-state index contributed by atoms with van der Waals surface area (Å²) in [5, 5.41) is 10.7. The van der Waals surface area contributed by atoms with Crippen LogP contribution in [0.15, 0.2) is 18.5 Å². The van der Waals surface area contributed by atoms with Crippen LogP contribution >= 0.6 is 11.6 Å². The van der Waals surface area contributed by atoms with Crippen molar-refractivity contribution < 1.29 is 4.79 Å². The maximum absolute atomic E-state index is 11.8. The van der Waals surface area contributed by atoms with E-state index in [1.807, 2.05) is 6.92 Å². The summed E-state index contributed by atoms with van der Waals surface area (Å²) in [7, 11) is 0. The molecule has 2 heterocycles. The summed E-state index contributed by atoms with van der Waals surface area (Å²) < 4.78 is 1.42. The van der Waals surface area contributed by atoms with Crippen molar-refractivity contribution in [1.82, 2.24) is 20.0 Å². The Bertz CT molecular complexity index is 597. The molecule has 0 aromatic carbocycles. The van der Waals surface area contributed by atoms with Gasteiger partial charge in [-0.2, -0.15) is 0 Å². The molecule has 0 saturated carbocycles. The Morgan fingerprint density at radius 1 is 1.58 bits per heavy atom. The number of rotatable bonds is 4. The summed E-state index contributed by atoms with van der Waals surface area (Å²) in [6.45, 7) is 2.17. The third-order valence-corrected chi connectivity index (χ3v) is 2.79. The fourth-order valence-corrected chi connectivity index (χ4v) is 1.59. The van der Waals surface area contributed by atoms with Crippen LogP contribution < -0.4 is 11.1 Å². The van der Waals surface area contributed by atoms with Crippen LogP contribution in [-0.2, 0) is 17.9 Å². The fraction of sp³-hybridized carbons (Fsp3) is 0.273. The molecule has 0 aliphatic rings. The SMILES string of the molecule is Cc1cc(NC(=O)Cn2cc(CN)nn2)cnc1Cl. The van der Waals surface area contributed by atoms with Crippen molar-refractivity contribution in [3.8, 4) is 0 Å². The van der Waals surface area contributed by atoms with Crippen LogP contribution in [0.5, 0.6) is 0 Å². The second kappa shape index (κ2) is 5.77. The van der Waals surface area contributed by atoms with Crippen molar-refractivity contribution in [2.24, 2.45) is 5.73 Å². The molecule has 3 N–H and O–H groups in total. The van der Waals surface area contributed by atoms with E-state index in [0.717, 1.165) is 5.56 Å². The summed E-state index contributed by atoms with van der Waals surface area (Å²) in [4.78, 5) is 15.7. The van der Waals surface area contributed by atoms with Gasteiger partial charge in [-0.05, 0) is 18.6 Å². The van der Waals surface area contributed by atoms with E-state index in [1.165, 1.54) is 10.9 Å². The summed E-state index contributed by atoms with van der Waals surface area (Å²) >= 11 is 5.81. The van der Waals surface area contributed by atoms with Crippen LogP contribution in [0.3, 0.4) is 0 Å². The lowest BCUT2D eigenvalue weighted by atomic mass is 10.3. The first-order valence-corrected chi connectivity index (χ1v) is 5.97. The summed E-state index contributed by atoms with van der Waals surface area (Å²) in [6.07, 6.45) is 3.13. The Labute approximate surface area is 114 Å². The molecule has 0 fully saturated rings. The number of carbonyl (C=O) groups excluding carboxylic acids is 1. The fourth-order valence-electron chi connectivity index (χ4n) is 1.48. The lowest BCUT2D eigenvalue weighted by Crippen LogP contribution is -2.19. The average Bonchev–Trinajstić information content (AvgIpc) is 2.81. The number of aromatic nitrogens is 4. The first kappa shape index (κ1) is 13.4. The van der Waals surface area contributed by atoms with Crippen LogP contribution in [0.4, 0.5) is 5.69 Å². The highest BCUT2D eigenvalue weighted by Gasteiger charge is 2.07. The molecule has 0 atom stereocenters. The van der Waals surface area contributed by atoms with Crippen molar-refractivity contribution in [2.75, 3.05) is 5.32 Å². The van der Waals surface area contributed by atoms with Gasteiger partial charge in [0.25, 0.3) is 0 Å². The molecule has 0 bridgehead atoms. The van der Waals surface area contributed by atoms with Crippen molar-refractivity contribution >= 4 is 23.2 Å². The third kappa shape index (κ3) is 3.49. The maximum atomic E-state index is 11.8. The number of hydrogen-bond donors (Lipinski definition) is 2. The molecular weight excluding hydrogens is 268 g/mol. The molecule has 0 spiro atoms. The van der Waals surface area contributed by atoms with Gasteiger partial charge in [0.05, 0.1) is 23.8 Å². The topological polar surface area (TPSA) is 98.7 Å². The standard InChI is InChI=1S/C11H13ClN6O/c1-7-2-8(4-14-11(7)12)15-10(19)6-18-5-9(3-13)16-17-18/h2,4-5H,3,6,13H2,1H3,(H,15,19). The number of amides is 1. The number of halogens is 1. The minimum Gasteiger partial charge on any atom is -0.325 e. The Hall–Kier alpha value is -1.99. The Balaban J connectivity index is 1.98. The average molecular weight is 281 g/mol. The Kier molecular flexibility index (Phi) is 4.08. The smallest absolute Gasteiger partial charge is 0.246 e. The van der Waals surface area contributed by atoms with E-state index in [9.17, 15) is 4.79 Å². The molecule has 7 nitrogen and oxygen atoms in total. The number of carbonyl (C=O) groups is 1. The van der Waals surface area contributed by atoms with E-state index in [2.05, 4.69) is 20.6 Å². The first-order chi connectivity index (χ1) is 9.08. The van der Waals surface area contributed by atoms with Crippen molar-refractivity contribution in [1.29, 1.82) is 0 Å². The van der Waals surface area contributed by atoms with Gasteiger partial charge in [-0.15, -0.1) is 5.10 Å². The summed E-state index contributed by atoms with van der Waals surface area (Å²) in [5.41, 5.74) is 7.43. The third-order valence-electron chi connectivity index (χ3n) is 2.40. The van der Waals surface area contributed by atoms with Gasteiger partial charge in [-0.25, -0.2) is 9.67 Å². The maximum Gasteiger partial charge on any atom is 0.246 e. The summed E-state index contributed by atoms with van der Waals surface area (Å²) in [6, 6.07) is 1.75. The largest absolute Gasteiger partial charge is 0.325 e. The molecule has 0 aliphatic carbocycles. The number of aryl methyl sites for hydroxylation is 1. The molecule has 19 heavy (non-hydrogen) atoms. The lowest BCUT2D eigenvalue weighted by molar-refractivity contribution is -0.116. The van der Waals surface area contributed by atoms with Crippen LogP contribution in [0, 0.1) is 6.92 Å². The highest BCUT2D eigenvalue weighted by molar-refractivity contribution is 6.30. The normalized spacial score (nSPS) is 10.5. The molecule has 100 valence electrons. The quantitative estimate of drug-likeness (QED) is 0.805. The second-order valence-electron chi connectivity index (χ2n) is 3.99. The molecule has 1 amide bonds. The molecule has 2 rings (SSSR count). The van der Waals surface area contributed by atoms with Gasteiger partial charge in [0.1, 0.15) is 11.7 Å². The van der Waals surface area contributed by atoms with Gasteiger partial charge in [0.15, 0.2) is 0 Å². The Morgan fingerprint density at radius 2 is 2.37 bits per heavy atom. The van der Waals surface area contributed by atoms with Gasteiger partial charge in [-0.3, -0.25) is 4.79 Å². The van der Waals surface area contributed by atoms with Crippen LogP contribution in [0.2, 0.25) is 5.15 Å². The molecule has 0 radical (unpaired) electrons. The molecule has 0 aliphatic heterocycles. The van der Waals surface area contributed by atoms with Crippen molar-refractivity contribution in [3.63, 3.8) is 0 Å². The molecule has 8 heteroatoms. The molecule has 0 unspecified atom stereocenters. The number of anilines is 1. The lowest BCUT2D eigenvalue weighted by Gasteiger charge is -2.06. The van der Waals surface area contributed by atoms with Crippen LogP contribution in [-0.4, -0.2) is 25.9 Å². The van der Waals surface area contributed by atoms with Crippen LogP contribution in [0.1, 0.15) is 11.3 Å². The molecular formula is C11H13ClN6O. The van der Waals surface area contributed by atoms with Gasteiger partial charge in [0, 0.05) is 6.54 Å². The highest BCUT2D eigenvalue weighted by Crippen LogP contribution is 2.15. The number of nitrogens with two attached hydrogens (primary N) is 1. The minimum absolute atomic E-state index is 0.0642. The minimum atomic E-state index is -0.225. The van der Waals surface area contributed by atoms with E-state index in [-0.39, 0.29) is 12.5 Å². The predicted octanol–water partition coefficient (Wildman–Crippen LogP) is 0.732. The second-order valence-corrected chi connectivity index (χ2v) is 4.35. The van der Waals surface area contributed by atoms with Crippen LogP contribution in [0.25, 0.3) is 0 Å². The van der Waals surface area contributed by atoms with E-state index in [4.69, 9.17) is 17.3 Å². The van der Waals surface area contributed by atoms with E-state index in [1.54, 1.807) is 12.3 Å². The molecule has 0 saturated heterocycles. The number of nitrogens with zero attached hydrogens (tertiary/aromatic N) is 4. The number of pyridine rings is 1. The first-order valence-electron chi connectivity index (χ1n) is 5.59. The van der Waals surface area contributed by atoms with Gasteiger partial charge in [0.2, 0.25) is 5.91 Å². The zero-order valence-electron chi connectivity index (χ0n) is 10.3. The highest BCUT2D eigenvalue weighted by atomic mass is 35.5. The predicted molar refractivity (Wildman–Crippen MR) is 70.5 cm³/mol. The Morgan fingerprint density at radius 3 is 3.00 bits per heavy atom. The van der Waals surface area contributed by atoms with E-state index < -0.39 is 0 Å². The molecule has 2 aromatic heterocycles.